The van der Waals surface area contributed by atoms with Gasteiger partial charge in [0.05, 0.1) is 24.6 Å². The van der Waals surface area contributed by atoms with Crippen LogP contribution in [-0.4, -0.2) is 48.2 Å². The highest BCUT2D eigenvalue weighted by Crippen LogP contribution is 2.17. The molecule has 3 atom stereocenters. The van der Waals surface area contributed by atoms with Gasteiger partial charge in [0.25, 0.3) is 0 Å². The minimum atomic E-state index is -0.689. The molecular formula is C37H44N2O6. The van der Waals surface area contributed by atoms with Gasteiger partial charge in [-0.15, -0.1) is 13.2 Å². The van der Waals surface area contributed by atoms with Crippen LogP contribution in [0.4, 0.5) is 0 Å². The van der Waals surface area contributed by atoms with Crippen LogP contribution in [0.5, 0.6) is 5.75 Å². The molecule has 0 unspecified atom stereocenters. The number of benzene rings is 3. The molecule has 0 aromatic heterocycles. The van der Waals surface area contributed by atoms with Crippen molar-refractivity contribution in [1.82, 2.24) is 10.6 Å². The Morgan fingerprint density at radius 3 is 2.02 bits per heavy atom. The lowest BCUT2D eigenvalue weighted by Crippen LogP contribution is -2.45. The summed E-state index contributed by atoms with van der Waals surface area (Å²) >= 11 is 0. The van der Waals surface area contributed by atoms with Gasteiger partial charge in [0.1, 0.15) is 19.0 Å². The Morgan fingerprint density at radius 2 is 1.40 bits per heavy atom. The minimum absolute atomic E-state index is 0.0232. The molecule has 3 aromatic rings. The number of amides is 2. The normalized spacial score (nSPS) is 12.6. The number of aliphatic hydroxyl groups excluding tert-OH is 1. The van der Waals surface area contributed by atoms with Crippen LogP contribution in [0.25, 0.3) is 0 Å². The van der Waals surface area contributed by atoms with E-state index >= 15 is 0 Å². The highest BCUT2D eigenvalue weighted by molar-refractivity contribution is 5.86. The van der Waals surface area contributed by atoms with E-state index in [4.69, 9.17) is 9.47 Å². The first-order chi connectivity index (χ1) is 21.9. The molecule has 0 aliphatic rings. The number of aliphatic hydroxyl groups is 1. The van der Waals surface area contributed by atoms with E-state index in [0.29, 0.717) is 31.6 Å². The predicted molar refractivity (Wildman–Crippen MR) is 175 cm³/mol. The van der Waals surface area contributed by atoms with E-state index in [2.05, 4.69) is 23.8 Å². The maximum absolute atomic E-state index is 13.4. The van der Waals surface area contributed by atoms with Crippen LogP contribution in [0.1, 0.15) is 42.4 Å². The van der Waals surface area contributed by atoms with Gasteiger partial charge in [-0.1, -0.05) is 84.9 Å². The zero-order valence-electron chi connectivity index (χ0n) is 25.7. The second-order valence-electron chi connectivity index (χ2n) is 10.9. The molecule has 2 amide bonds. The van der Waals surface area contributed by atoms with E-state index in [-0.39, 0.29) is 50.3 Å². The first-order valence-electron chi connectivity index (χ1n) is 15.3. The van der Waals surface area contributed by atoms with E-state index in [1.54, 1.807) is 12.2 Å². The van der Waals surface area contributed by atoms with E-state index in [1.165, 1.54) is 0 Å². The molecule has 0 aliphatic heterocycles. The van der Waals surface area contributed by atoms with Gasteiger partial charge in [0.15, 0.2) is 0 Å². The molecule has 0 saturated heterocycles. The van der Waals surface area contributed by atoms with Crippen molar-refractivity contribution >= 4 is 17.8 Å². The molecule has 3 aromatic carbocycles. The fraction of sp³-hybridized carbons (Fsp3) is 0.324. The summed E-state index contributed by atoms with van der Waals surface area (Å²) in [6.07, 6.45) is 5.01. The van der Waals surface area contributed by atoms with Crippen LogP contribution in [0.3, 0.4) is 0 Å². The molecule has 0 fully saturated rings. The molecule has 3 N–H and O–H groups in total. The molecule has 0 aliphatic carbocycles. The number of rotatable bonds is 20. The van der Waals surface area contributed by atoms with Gasteiger partial charge in [-0.3, -0.25) is 14.4 Å². The Bertz CT molecular complexity index is 1340. The number of ether oxygens (including phenoxy) is 2. The highest BCUT2D eigenvalue weighted by atomic mass is 16.5. The molecule has 0 bridgehead atoms. The summed E-state index contributed by atoms with van der Waals surface area (Å²) in [6, 6.07) is 26.0. The van der Waals surface area contributed by atoms with Gasteiger partial charge < -0.3 is 25.2 Å². The molecule has 3 rings (SSSR count). The van der Waals surface area contributed by atoms with Gasteiger partial charge in [-0.25, -0.2) is 0 Å². The molecule has 238 valence electrons. The van der Waals surface area contributed by atoms with E-state index in [1.807, 2.05) is 84.9 Å². The van der Waals surface area contributed by atoms with Crippen LogP contribution in [-0.2, 0) is 38.6 Å². The summed E-state index contributed by atoms with van der Waals surface area (Å²) < 4.78 is 11.4. The molecule has 45 heavy (non-hydrogen) atoms. The third kappa shape index (κ3) is 13.2. The van der Waals surface area contributed by atoms with E-state index < -0.39 is 18.0 Å². The number of hydrogen-bond donors (Lipinski definition) is 3. The summed E-state index contributed by atoms with van der Waals surface area (Å²) in [6.45, 7) is 7.59. The Hall–Kier alpha value is -4.69. The zero-order valence-corrected chi connectivity index (χ0v) is 25.7. The van der Waals surface area contributed by atoms with E-state index in [9.17, 15) is 19.5 Å². The molecule has 8 heteroatoms. The lowest BCUT2D eigenvalue weighted by molar-refractivity contribution is -0.145. The lowest BCUT2D eigenvalue weighted by Gasteiger charge is -2.23. The number of allylic oxidation sites excluding steroid dienone is 2. The standard InChI is InChI=1S/C37H44N2O6/c1-3-5-17-36(42)45-27-33(23-29-18-20-34(21-19-29)44-26-30-15-10-7-11-16-30)39-37(43)31(12-4-2)24-35(41)38-32(25-40)22-28-13-8-6-9-14-28/h3-4,6-11,13-16,18-21,31-33,40H,1-2,5,12,17,22-27H2,(H,38,41)(H,39,43)/t31-,32+,33+/m1/s1. The van der Waals surface area contributed by atoms with E-state index in [0.717, 1.165) is 16.7 Å². The highest BCUT2D eigenvalue weighted by Gasteiger charge is 2.25. The van der Waals surface area contributed by atoms with Crippen molar-refractivity contribution in [1.29, 1.82) is 0 Å². The van der Waals surface area contributed by atoms with Crippen LogP contribution in [0.15, 0.2) is 110 Å². The topological polar surface area (TPSA) is 114 Å². The largest absolute Gasteiger partial charge is 0.489 e. The molecule has 0 spiro atoms. The fourth-order valence-corrected chi connectivity index (χ4v) is 4.76. The summed E-state index contributed by atoms with van der Waals surface area (Å²) in [5.41, 5.74) is 2.96. The first kappa shape index (κ1) is 34.8. The summed E-state index contributed by atoms with van der Waals surface area (Å²) in [4.78, 5) is 38.6. The van der Waals surface area contributed by atoms with Crippen molar-refractivity contribution < 1.29 is 29.0 Å². The minimum Gasteiger partial charge on any atom is -0.489 e. The number of nitrogens with one attached hydrogen (secondary N) is 2. The van der Waals surface area contributed by atoms with Gasteiger partial charge in [0, 0.05) is 12.8 Å². The molecule has 8 nitrogen and oxygen atoms in total. The Labute approximate surface area is 266 Å². The molecular weight excluding hydrogens is 568 g/mol. The van der Waals surface area contributed by atoms with Gasteiger partial charge in [-0.2, -0.15) is 0 Å². The molecule has 0 heterocycles. The Balaban J connectivity index is 1.62. The summed E-state index contributed by atoms with van der Waals surface area (Å²) in [7, 11) is 0. The van der Waals surface area contributed by atoms with Crippen LogP contribution < -0.4 is 15.4 Å². The summed E-state index contributed by atoms with van der Waals surface area (Å²) in [5, 5.41) is 15.7. The van der Waals surface area contributed by atoms with Crippen molar-refractivity contribution in [2.45, 2.75) is 57.2 Å². The number of esters is 1. The second-order valence-corrected chi connectivity index (χ2v) is 10.9. The van der Waals surface area contributed by atoms with Crippen molar-refractivity contribution in [2.24, 2.45) is 5.92 Å². The number of carbonyl (C=O) groups excluding carboxylic acids is 3. The molecule has 0 saturated carbocycles. The second kappa shape index (κ2) is 19.6. The average molecular weight is 613 g/mol. The van der Waals surface area contributed by atoms with Gasteiger partial charge in [0.2, 0.25) is 11.8 Å². The average Bonchev–Trinajstić information content (AvgIpc) is 3.06. The van der Waals surface area contributed by atoms with Crippen molar-refractivity contribution in [3.63, 3.8) is 0 Å². The smallest absolute Gasteiger partial charge is 0.306 e. The van der Waals surface area contributed by atoms with Crippen LogP contribution in [0.2, 0.25) is 0 Å². The third-order valence-corrected chi connectivity index (χ3v) is 7.16. The fourth-order valence-electron chi connectivity index (χ4n) is 4.76. The quantitative estimate of drug-likeness (QED) is 0.121. The summed E-state index contributed by atoms with van der Waals surface area (Å²) in [5.74, 6) is -1.04. The van der Waals surface area contributed by atoms with Crippen molar-refractivity contribution in [3.05, 3.63) is 127 Å². The Kier molecular flexibility index (Phi) is 15.1. The number of carbonyl (C=O) groups is 3. The third-order valence-electron chi connectivity index (χ3n) is 7.16. The van der Waals surface area contributed by atoms with Crippen LogP contribution >= 0.6 is 0 Å². The van der Waals surface area contributed by atoms with Crippen molar-refractivity contribution in [2.75, 3.05) is 13.2 Å². The first-order valence-corrected chi connectivity index (χ1v) is 15.3. The van der Waals surface area contributed by atoms with Gasteiger partial charge >= 0.3 is 5.97 Å². The SMILES string of the molecule is C=CCCC(=O)OC[C@H](Cc1ccc(OCc2ccccc2)cc1)NC(=O)[C@H](CC=C)CC(=O)N[C@H](CO)Cc1ccccc1. The molecule has 0 radical (unpaired) electrons. The Morgan fingerprint density at radius 1 is 0.778 bits per heavy atom. The maximum Gasteiger partial charge on any atom is 0.306 e. The van der Waals surface area contributed by atoms with Crippen LogP contribution in [0, 0.1) is 5.92 Å². The zero-order chi connectivity index (χ0) is 32.3. The number of hydrogen-bond acceptors (Lipinski definition) is 6. The van der Waals surface area contributed by atoms with Gasteiger partial charge in [-0.05, 0) is 54.5 Å². The lowest BCUT2D eigenvalue weighted by atomic mass is 9.98. The predicted octanol–water partition coefficient (Wildman–Crippen LogP) is 5.10. The maximum atomic E-state index is 13.4. The van der Waals surface area contributed by atoms with Crippen molar-refractivity contribution in [3.8, 4) is 5.75 Å². The monoisotopic (exact) mass is 612 g/mol.